The zero-order valence-corrected chi connectivity index (χ0v) is 19.7. The second kappa shape index (κ2) is 11.2. The minimum atomic E-state index is -0.180. The maximum Gasteiger partial charge on any atom is 0.248 e. The number of anilines is 1. The molecule has 0 aliphatic carbocycles. The van der Waals surface area contributed by atoms with Crippen molar-refractivity contribution in [2.24, 2.45) is 0 Å². The molecule has 0 bridgehead atoms. The fourth-order valence-corrected chi connectivity index (χ4v) is 4.15. The lowest BCUT2D eigenvalue weighted by atomic mass is 10.1. The van der Waals surface area contributed by atoms with E-state index in [2.05, 4.69) is 33.7 Å². The van der Waals surface area contributed by atoms with Crippen molar-refractivity contribution in [2.75, 3.05) is 31.5 Å². The number of furan rings is 1. The number of rotatable bonds is 6. The van der Waals surface area contributed by atoms with Crippen molar-refractivity contribution >= 4 is 41.0 Å². The summed E-state index contributed by atoms with van der Waals surface area (Å²) >= 11 is 0. The van der Waals surface area contributed by atoms with Gasteiger partial charge in [0.1, 0.15) is 11.3 Å². The summed E-state index contributed by atoms with van der Waals surface area (Å²) in [6, 6.07) is 26.0. The summed E-state index contributed by atoms with van der Waals surface area (Å²) in [6.07, 6.45) is 3.35. The van der Waals surface area contributed by atoms with Crippen LogP contribution in [-0.4, -0.2) is 37.0 Å². The number of hydrogen-bond donors (Lipinski definition) is 2. The van der Waals surface area contributed by atoms with E-state index in [-0.39, 0.29) is 18.3 Å². The van der Waals surface area contributed by atoms with Gasteiger partial charge < -0.3 is 15.1 Å². The molecule has 174 valence electrons. The number of piperazine rings is 1. The van der Waals surface area contributed by atoms with Crippen LogP contribution in [0.4, 0.5) is 5.69 Å². The van der Waals surface area contributed by atoms with E-state index in [1.807, 2.05) is 60.7 Å². The second-order valence-corrected chi connectivity index (χ2v) is 8.29. The Hall–Kier alpha value is -3.38. The Morgan fingerprint density at radius 3 is 2.56 bits per heavy atom. The average molecular weight is 474 g/mol. The molecule has 6 heteroatoms. The van der Waals surface area contributed by atoms with Crippen molar-refractivity contribution in [1.29, 1.82) is 0 Å². The van der Waals surface area contributed by atoms with Crippen LogP contribution in [0.2, 0.25) is 0 Å². The van der Waals surface area contributed by atoms with Gasteiger partial charge in [-0.3, -0.25) is 9.69 Å². The van der Waals surface area contributed by atoms with Crippen LogP contribution < -0.4 is 10.6 Å². The Morgan fingerprint density at radius 2 is 1.74 bits per heavy atom. The van der Waals surface area contributed by atoms with Crippen molar-refractivity contribution in [3.8, 4) is 11.3 Å². The number of amides is 1. The number of halogens is 1. The quantitative estimate of drug-likeness (QED) is 0.359. The maximum absolute atomic E-state index is 12.5. The van der Waals surface area contributed by atoms with Crippen LogP contribution in [0.15, 0.2) is 89.4 Å². The number of fused-ring (bicyclic) bond motifs is 1. The first-order chi connectivity index (χ1) is 16.2. The van der Waals surface area contributed by atoms with Gasteiger partial charge in [0.25, 0.3) is 0 Å². The molecule has 34 heavy (non-hydrogen) atoms. The van der Waals surface area contributed by atoms with Crippen molar-refractivity contribution in [1.82, 2.24) is 10.2 Å². The standard InChI is InChI=1S/C28H27N3O2.ClH/c32-28(13-11-21-6-2-1-3-7-21)30-25-9-5-4-8-24(25)27-19-23-12-10-22(18-26(23)33-27)20-31-16-14-29-15-17-31;/h1-13,18-19,29H,14-17,20H2,(H,30,32);1H/b13-11+;. The maximum atomic E-state index is 12.5. The monoisotopic (exact) mass is 473 g/mol. The van der Waals surface area contributed by atoms with Crippen LogP contribution in [0, 0.1) is 0 Å². The van der Waals surface area contributed by atoms with Crippen molar-refractivity contribution < 1.29 is 9.21 Å². The summed E-state index contributed by atoms with van der Waals surface area (Å²) in [6.45, 7) is 5.13. The highest BCUT2D eigenvalue weighted by atomic mass is 35.5. The van der Waals surface area contributed by atoms with E-state index in [0.29, 0.717) is 0 Å². The lowest BCUT2D eigenvalue weighted by Crippen LogP contribution is -2.42. The van der Waals surface area contributed by atoms with Crippen LogP contribution in [-0.2, 0) is 11.3 Å². The SMILES string of the molecule is Cl.O=C(/C=C/c1ccccc1)Nc1ccccc1-c1cc2ccc(CN3CCNCC3)cc2o1. The molecule has 1 aliphatic rings. The average Bonchev–Trinajstić information content (AvgIpc) is 3.28. The number of benzene rings is 3. The summed E-state index contributed by atoms with van der Waals surface area (Å²) in [5.41, 5.74) is 4.68. The first kappa shape index (κ1) is 23.8. The van der Waals surface area contributed by atoms with Crippen molar-refractivity contribution in [3.63, 3.8) is 0 Å². The molecule has 4 aromatic rings. The number of carbonyl (C=O) groups is 1. The van der Waals surface area contributed by atoms with Gasteiger partial charge in [-0.15, -0.1) is 12.4 Å². The molecule has 1 fully saturated rings. The first-order valence-electron chi connectivity index (χ1n) is 11.3. The highest BCUT2D eigenvalue weighted by Gasteiger charge is 2.14. The molecule has 5 nitrogen and oxygen atoms in total. The topological polar surface area (TPSA) is 57.5 Å². The molecule has 0 unspecified atom stereocenters. The van der Waals surface area contributed by atoms with Gasteiger partial charge in [-0.1, -0.05) is 54.6 Å². The normalized spacial score (nSPS) is 14.2. The summed E-state index contributed by atoms with van der Waals surface area (Å²) in [5.74, 6) is 0.563. The Kier molecular flexibility index (Phi) is 7.80. The zero-order valence-electron chi connectivity index (χ0n) is 18.9. The second-order valence-electron chi connectivity index (χ2n) is 8.29. The minimum absolute atomic E-state index is 0. The number of carbonyl (C=O) groups excluding carboxylic acids is 1. The molecular formula is C28H28ClN3O2. The van der Waals surface area contributed by atoms with Gasteiger partial charge in [0.2, 0.25) is 5.91 Å². The van der Waals surface area contributed by atoms with Crippen LogP contribution in [0.25, 0.3) is 28.4 Å². The van der Waals surface area contributed by atoms with Gasteiger partial charge >= 0.3 is 0 Å². The third-order valence-electron chi connectivity index (χ3n) is 5.88. The van der Waals surface area contributed by atoms with Crippen LogP contribution in [0.3, 0.4) is 0 Å². The Balaban J connectivity index is 0.00000274. The van der Waals surface area contributed by atoms with Gasteiger partial charge in [0, 0.05) is 49.7 Å². The van der Waals surface area contributed by atoms with E-state index in [9.17, 15) is 4.79 Å². The molecule has 0 saturated carbocycles. The van der Waals surface area contributed by atoms with Crippen molar-refractivity contribution in [2.45, 2.75) is 6.54 Å². The van der Waals surface area contributed by atoms with Gasteiger partial charge in [0.15, 0.2) is 0 Å². The van der Waals surface area contributed by atoms with E-state index in [0.717, 1.165) is 66.3 Å². The highest BCUT2D eigenvalue weighted by molar-refractivity contribution is 6.04. The molecule has 0 spiro atoms. The van der Waals surface area contributed by atoms with Gasteiger partial charge in [-0.25, -0.2) is 0 Å². The number of para-hydroxylation sites is 1. The molecule has 2 heterocycles. The minimum Gasteiger partial charge on any atom is -0.456 e. The van der Waals surface area contributed by atoms with Crippen LogP contribution in [0.1, 0.15) is 11.1 Å². The van der Waals surface area contributed by atoms with E-state index < -0.39 is 0 Å². The number of nitrogens with one attached hydrogen (secondary N) is 2. The number of hydrogen-bond acceptors (Lipinski definition) is 4. The Morgan fingerprint density at radius 1 is 0.971 bits per heavy atom. The largest absolute Gasteiger partial charge is 0.456 e. The van der Waals surface area contributed by atoms with Gasteiger partial charge in [0.05, 0.1) is 5.69 Å². The molecular weight excluding hydrogens is 446 g/mol. The summed E-state index contributed by atoms with van der Waals surface area (Å²) in [4.78, 5) is 15.0. The molecule has 2 N–H and O–H groups in total. The first-order valence-corrected chi connectivity index (χ1v) is 11.3. The Bertz CT molecular complexity index is 1280. The van der Waals surface area contributed by atoms with Crippen LogP contribution >= 0.6 is 12.4 Å². The van der Waals surface area contributed by atoms with E-state index in [1.54, 1.807) is 12.2 Å². The third-order valence-corrected chi connectivity index (χ3v) is 5.88. The Labute approximate surface area is 205 Å². The fourth-order valence-electron chi connectivity index (χ4n) is 4.15. The predicted molar refractivity (Wildman–Crippen MR) is 141 cm³/mol. The molecule has 0 radical (unpaired) electrons. The molecule has 3 aromatic carbocycles. The molecule has 0 atom stereocenters. The van der Waals surface area contributed by atoms with Crippen LogP contribution in [0.5, 0.6) is 0 Å². The molecule has 5 rings (SSSR count). The lowest BCUT2D eigenvalue weighted by molar-refractivity contribution is -0.111. The van der Waals surface area contributed by atoms with Gasteiger partial charge in [-0.05, 0) is 41.5 Å². The van der Waals surface area contributed by atoms with E-state index in [1.165, 1.54) is 5.56 Å². The number of nitrogens with zero attached hydrogens (tertiary/aromatic N) is 1. The molecule has 1 aliphatic heterocycles. The summed E-state index contributed by atoms with van der Waals surface area (Å²) in [5, 5.41) is 7.44. The summed E-state index contributed by atoms with van der Waals surface area (Å²) < 4.78 is 6.24. The van der Waals surface area contributed by atoms with E-state index in [4.69, 9.17) is 4.42 Å². The van der Waals surface area contributed by atoms with Crippen molar-refractivity contribution in [3.05, 3.63) is 96.1 Å². The third kappa shape index (κ3) is 5.75. The molecule has 1 saturated heterocycles. The highest BCUT2D eigenvalue weighted by Crippen LogP contribution is 2.33. The lowest BCUT2D eigenvalue weighted by Gasteiger charge is -2.27. The van der Waals surface area contributed by atoms with Gasteiger partial charge in [-0.2, -0.15) is 0 Å². The fraction of sp³-hybridized carbons (Fsp3) is 0.179. The smallest absolute Gasteiger partial charge is 0.248 e. The molecule has 1 amide bonds. The zero-order chi connectivity index (χ0) is 22.5. The molecule has 1 aromatic heterocycles. The van der Waals surface area contributed by atoms with E-state index >= 15 is 0 Å². The predicted octanol–water partition coefficient (Wildman–Crippen LogP) is 5.58. The summed E-state index contributed by atoms with van der Waals surface area (Å²) in [7, 11) is 0.